The number of rotatable bonds is 3. The smallest absolute Gasteiger partial charge is 0.273 e. The normalized spacial score (nSPS) is 21.3. The summed E-state index contributed by atoms with van der Waals surface area (Å²) in [7, 11) is 0. The zero-order chi connectivity index (χ0) is 10.1. The molecule has 0 spiro atoms. The van der Waals surface area contributed by atoms with Gasteiger partial charge in [-0.1, -0.05) is 0 Å². The summed E-state index contributed by atoms with van der Waals surface area (Å²) in [5, 5.41) is -0.107. The number of carbonyl (C=O) groups is 2. The highest BCUT2D eigenvalue weighted by Crippen LogP contribution is 2.36. The number of hydrogen-bond acceptors (Lipinski definition) is 4. The van der Waals surface area contributed by atoms with Crippen molar-refractivity contribution in [2.75, 3.05) is 18.6 Å². The fraction of sp³-hybridized carbons (Fsp3) is 0.750. The van der Waals surface area contributed by atoms with Gasteiger partial charge >= 0.3 is 0 Å². The summed E-state index contributed by atoms with van der Waals surface area (Å²) >= 11 is 2.75. The Labute approximate surface area is 86.6 Å². The molecule has 13 heavy (non-hydrogen) atoms. The zero-order valence-electron chi connectivity index (χ0n) is 7.99. The van der Waals surface area contributed by atoms with E-state index in [0.29, 0.717) is 6.54 Å². The molecule has 0 unspecified atom stereocenters. The van der Waals surface area contributed by atoms with Gasteiger partial charge < -0.3 is 0 Å². The van der Waals surface area contributed by atoms with Crippen molar-refractivity contribution in [3.63, 3.8) is 0 Å². The molecule has 0 aromatic rings. The van der Waals surface area contributed by atoms with Crippen LogP contribution in [0.4, 0.5) is 4.79 Å². The van der Waals surface area contributed by atoms with Gasteiger partial charge in [0.05, 0.1) is 4.75 Å². The molecule has 1 aliphatic rings. The lowest BCUT2D eigenvalue weighted by Crippen LogP contribution is -2.36. The zero-order valence-corrected chi connectivity index (χ0v) is 9.63. The molecule has 0 aromatic heterocycles. The van der Waals surface area contributed by atoms with Crippen molar-refractivity contribution in [3.8, 4) is 0 Å². The maximum atomic E-state index is 11.6. The van der Waals surface area contributed by atoms with Crippen LogP contribution in [-0.4, -0.2) is 39.3 Å². The Morgan fingerprint density at radius 1 is 1.46 bits per heavy atom. The first-order valence-corrected chi connectivity index (χ1v) is 6.24. The minimum atomic E-state index is -0.560. The minimum Gasteiger partial charge on any atom is -0.273 e. The first-order chi connectivity index (χ1) is 5.99. The van der Waals surface area contributed by atoms with Crippen LogP contribution in [0.5, 0.6) is 0 Å². The summed E-state index contributed by atoms with van der Waals surface area (Å²) in [6, 6.07) is 0. The molecule has 0 atom stereocenters. The number of thioether (sulfide) groups is 2. The van der Waals surface area contributed by atoms with Crippen LogP contribution in [0.15, 0.2) is 0 Å². The molecule has 0 radical (unpaired) electrons. The van der Waals surface area contributed by atoms with E-state index in [1.54, 1.807) is 25.6 Å². The molecule has 1 aliphatic heterocycles. The van der Waals surface area contributed by atoms with Crippen LogP contribution < -0.4 is 0 Å². The highest BCUT2D eigenvalue weighted by atomic mass is 32.2. The first kappa shape index (κ1) is 10.9. The fourth-order valence-corrected chi connectivity index (χ4v) is 2.38. The predicted octanol–water partition coefficient (Wildman–Crippen LogP) is 1.82. The third-order valence-electron chi connectivity index (χ3n) is 1.84. The molecule has 0 aliphatic carbocycles. The third-order valence-corrected chi connectivity index (χ3v) is 3.51. The molecule has 1 saturated heterocycles. The van der Waals surface area contributed by atoms with Gasteiger partial charge in [0.25, 0.3) is 5.24 Å². The van der Waals surface area contributed by atoms with Gasteiger partial charge in [-0.15, -0.1) is 0 Å². The Hall–Kier alpha value is -0.160. The van der Waals surface area contributed by atoms with E-state index in [1.165, 1.54) is 4.90 Å². The number of hydrogen-bond donors (Lipinski definition) is 0. The van der Waals surface area contributed by atoms with E-state index >= 15 is 0 Å². The first-order valence-electron chi connectivity index (χ1n) is 4.03. The second-order valence-electron chi connectivity index (χ2n) is 3.33. The van der Waals surface area contributed by atoms with E-state index in [2.05, 4.69) is 0 Å². The van der Waals surface area contributed by atoms with E-state index in [9.17, 15) is 9.59 Å². The van der Waals surface area contributed by atoms with Crippen LogP contribution in [0.3, 0.4) is 0 Å². The van der Waals surface area contributed by atoms with Crippen molar-refractivity contribution in [2.45, 2.75) is 18.6 Å². The van der Waals surface area contributed by atoms with Crippen molar-refractivity contribution in [1.82, 2.24) is 4.90 Å². The van der Waals surface area contributed by atoms with Gasteiger partial charge in [-0.05, 0) is 31.9 Å². The third kappa shape index (κ3) is 2.20. The maximum absolute atomic E-state index is 11.6. The number of carbonyl (C=O) groups excluding carboxylic acids is 2. The average Bonchev–Trinajstić information content (AvgIpc) is 2.21. The van der Waals surface area contributed by atoms with Crippen LogP contribution >= 0.6 is 23.5 Å². The van der Waals surface area contributed by atoms with Crippen molar-refractivity contribution in [1.29, 1.82) is 0 Å². The predicted molar refractivity (Wildman–Crippen MR) is 57.2 cm³/mol. The largest absolute Gasteiger partial charge is 0.289 e. The lowest BCUT2D eigenvalue weighted by Gasteiger charge is -2.15. The fourth-order valence-electron chi connectivity index (χ4n) is 1.10. The molecule has 0 N–H and O–H groups in total. The van der Waals surface area contributed by atoms with Gasteiger partial charge in [-0.3, -0.25) is 14.5 Å². The molecule has 1 rings (SSSR count). The van der Waals surface area contributed by atoms with Crippen molar-refractivity contribution < 1.29 is 9.59 Å². The van der Waals surface area contributed by atoms with E-state index in [1.807, 2.05) is 6.26 Å². The second kappa shape index (κ2) is 3.92. The van der Waals surface area contributed by atoms with E-state index in [-0.39, 0.29) is 11.1 Å². The molecule has 0 aromatic carbocycles. The SMILES string of the molecule is CSCCN1C(=O)SC(C)(C)C1=O. The van der Waals surface area contributed by atoms with Crippen LogP contribution in [0.25, 0.3) is 0 Å². The molecular weight excluding hydrogens is 206 g/mol. The molecule has 2 amide bonds. The van der Waals surface area contributed by atoms with Crippen molar-refractivity contribution in [3.05, 3.63) is 0 Å². The van der Waals surface area contributed by atoms with Crippen molar-refractivity contribution in [2.24, 2.45) is 0 Å². The summed E-state index contributed by atoms with van der Waals surface area (Å²) in [6.07, 6.45) is 1.96. The van der Waals surface area contributed by atoms with Gasteiger partial charge in [0.1, 0.15) is 0 Å². The van der Waals surface area contributed by atoms with Gasteiger partial charge in [-0.25, -0.2) is 0 Å². The van der Waals surface area contributed by atoms with Crippen LogP contribution in [0.1, 0.15) is 13.8 Å². The molecule has 1 heterocycles. The molecule has 1 fully saturated rings. The van der Waals surface area contributed by atoms with E-state index in [4.69, 9.17) is 0 Å². The topological polar surface area (TPSA) is 37.4 Å². The van der Waals surface area contributed by atoms with Gasteiger partial charge in [-0.2, -0.15) is 11.8 Å². The molecule has 0 bridgehead atoms. The second-order valence-corrected chi connectivity index (χ2v) is 5.89. The summed E-state index contributed by atoms with van der Waals surface area (Å²) in [6.45, 7) is 4.11. The molecule has 0 saturated carbocycles. The van der Waals surface area contributed by atoms with Crippen LogP contribution in [-0.2, 0) is 4.79 Å². The Bertz CT molecular complexity index is 240. The van der Waals surface area contributed by atoms with Crippen LogP contribution in [0, 0.1) is 0 Å². The number of imide groups is 1. The standard InChI is InChI=1S/C8H13NO2S2/c1-8(2)6(10)9(4-5-12-3)7(11)13-8/h4-5H2,1-3H3. The average molecular weight is 219 g/mol. The lowest BCUT2D eigenvalue weighted by molar-refractivity contribution is -0.128. The lowest BCUT2D eigenvalue weighted by atomic mass is 10.2. The minimum absolute atomic E-state index is 0.0587. The van der Waals surface area contributed by atoms with Gasteiger partial charge in [0, 0.05) is 12.3 Å². The quantitative estimate of drug-likeness (QED) is 0.725. The summed E-state index contributed by atoms with van der Waals surface area (Å²) in [4.78, 5) is 24.3. The Morgan fingerprint density at radius 3 is 2.46 bits per heavy atom. The molecule has 5 heteroatoms. The summed E-state index contributed by atoms with van der Waals surface area (Å²) < 4.78 is -0.560. The van der Waals surface area contributed by atoms with Crippen LogP contribution in [0.2, 0.25) is 0 Å². The van der Waals surface area contributed by atoms with Gasteiger partial charge in [0.2, 0.25) is 5.91 Å². The molecule has 74 valence electrons. The van der Waals surface area contributed by atoms with E-state index < -0.39 is 4.75 Å². The number of amides is 2. The Morgan fingerprint density at radius 2 is 2.08 bits per heavy atom. The number of nitrogens with zero attached hydrogens (tertiary/aromatic N) is 1. The maximum Gasteiger partial charge on any atom is 0.289 e. The molecular formula is C8H13NO2S2. The summed E-state index contributed by atoms with van der Waals surface area (Å²) in [5.41, 5.74) is 0. The monoisotopic (exact) mass is 219 g/mol. The van der Waals surface area contributed by atoms with Crippen molar-refractivity contribution >= 4 is 34.7 Å². The van der Waals surface area contributed by atoms with Gasteiger partial charge in [0.15, 0.2) is 0 Å². The Balaban J connectivity index is 2.66. The summed E-state index contributed by atoms with van der Waals surface area (Å²) in [5.74, 6) is 0.755. The molecule has 3 nitrogen and oxygen atoms in total. The van der Waals surface area contributed by atoms with E-state index in [0.717, 1.165) is 17.5 Å². The highest BCUT2D eigenvalue weighted by Gasteiger charge is 2.45. The highest BCUT2D eigenvalue weighted by molar-refractivity contribution is 8.16. The Kier molecular flexibility index (Phi) is 3.29.